The van der Waals surface area contributed by atoms with E-state index < -0.39 is 12.7 Å². The third-order valence-corrected chi connectivity index (χ3v) is 4.47. The fourth-order valence-corrected chi connectivity index (χ4v) is 3.41. The van der Waals surface area contributed by atoms with Crippen LogP contribution in [0.1, 0.15) is 25.1 Å². The fraction of sp³-hybridized carbons (Fsp3) is 0.923. The lowest BCUT2D eigenvalue weighted by molar-refractivity contribution is -0.145. The first kappa shape index (κ1) is 16.6. The van der Waals surface area contributed by atoms with Crippen LogP contribution in [0.25, 0.3) is 0 Å². The minimum absolute atomic E-state index is 0.0378. The fourth-order valence-electron chi connectivity index (χ4n) is 3.41. The number of hydrogen-bond acceptors (Lipinski definition) is 6. The molecule has 1 saturated heterocycles. The average Bonchev–Trinajstić information content (AvgIpc) is 3.07. The molecule has 1 aliphatic heterocycles. The number of halogens is 3. The summed E-state index contributed by atoms with van der Waals surface area (Å²) in [5.41, 5.74) is 0. The minimum atomic E-state index is -4.37. The maximum atomic E-state index is 12.3. The van der Waals surface area contributed by atoms with Crippen molar-refractivity contribution in [3.8, 4) is 0 Å². The van der Waals surface area contributed by atoms with Crippen LogP contribution in [0.4, 0.5) is 13.2 Å². The number of tetrazole rings is 1. The van der Waals surface area contributed by atoms with E-state index in [4.69, 9.17) is 4.74 Å². The Bertz CT molecular complexity index is 524. The molecule has 0 spiro atoms. The van der Waals surface area contributed by atoms with Crippen LogP contribution in [0, 0.1) is 5.92 Å². The van der Waals surface area contributed by atoms with Crippen LogP contribution in [-0.4, -0.2) is 68.3 Å². The summed E-state index contributed by atoms with van der Waals surface area (Å²) in [5, 5.41) is 21.1. The molecule has 10 heteroatoms. The van der Waals surface area contributed by atoms with Gasteiger partial charge < -0.3 is 9.84 Å². The highest BCUT2D eigenvalue weighted by atomic mass is 19.4. The molecule has 0 unspecified atom stereocenters. The molecule has 2 aliphatic rings. The summed E-state index contributed by atoms with van der Waals surface area (Å²) >= 11 is 0. The van der Waals surface area contributed by atoms with Crippen LogP contribution in [0.5, 0.6) is 0 Å². The topological polar surface area (TPSA) is 76.3 Å². The molecule has 0 aromatic carbocycles. The largest absolute Gasteiger partial charge is 0.409 e. The maximum Gasteiger partial charge on any atom is 0.409 e. The second kappa shape index (κ2) is 6.70. The van der Waals surface area contributed by atoms with Crippen LogP contribution in [0.15, 0.2) is 0 Å². The molecule has 1 aromatic rings. The van der Waals surface area contributed by atoms with Crippen molar-refractivity contribution in [3.63, 3.8) is 0 Å². The van der Waals surface area contributed by atoms with E-state index in [2.05, 4.69) is 20.3 Å². The predicted octanol–water partition coefficient (Wildman–Crippen LogP) is 0.597. The zero-order chi connectivity index (χ0) is 16.4. The Morgan fingerprint density at radius 2 is 2.13 bits per heavy atom. The molecule has 2 fully saturated rings. The van der Waals surface area contributed by atoms with Crippen molar-refractivity contribution in [2.24, 2.45) is 5.92 Å². The van der Waals surface area contributed by atoms with E-state index in [1.165, 1.54) is 0 Å². The Morgan fingerprint density at radius 1 is 1.30 bits per heavy atom. The lowest BCUT2D eigenvalue weighted by atomic mass is 9.94. The Kier molecular flexibility index (Phi) is 4.83. The van der Waals surface area contributed by atoms with E-state index in [9.17, 15) is 18.3 Å². The van der Waals surface area contributed by atoms with Gasteiger partial charge in [0.1, 0.15) is 0 Å². The standard InChI is InChI=1S/C13H20F3N5O2/c14-13(15,16)8-21-18-12(17-19-21)6-20-4-5-23-7-10(20)9-2-1-3-11(9)22/h9-11,22H,1-8H2/t9-,10+,11-/m1/s1. The van der Waals surface area contributed by atoms with Crippen molar-refractivity contribution in [2.45, 2.75) is 50.7 Å². The third-order valence-electron chi connectivity index (χ3n) is 4.47. The molecule has 3 atom stereocenters. The first-order chi connectivity index (χ1) is 10.9. The zero-order valence-electron chi connectivity index (χ0n) is 12.6. The minimum Gasteiger partial charge on any atom is -0.393 e. The van der Waals surface area contributed by atoms with Crippen LogP contribution in [0.3, 0.4) is 0 Å². The lowest BCUT2D eigenvalue weighted by Gasteiger charge is -2.39. The molecule has 0 bridgehead atoms. The molecular formula is C13H20F3N5O2. The van der Waals surface area contributed by atoms with E-state index >= 15 is 0 Å². The van der Waals surface area contributed by atoms with E-state index in [1.54, 1.807) is 0 Å². The quantitative estimate of drug-likeness (QED) is 0.868. The van der Waals surface area contributed by atoms with E-state index in [0.29, 0.717) is 31.1 Å². The third kappa shape index (κ3) is 4.18. The van der Waals surface area contributed by atoms with Gasteiger partial charge in [-0.2, -0.15) is 18.0 Å². The molecule has 1 aromatic heterocycles. The van der Waals surface area contributed by atoms with Crippen LogP contribution in [-0.2, 0) is 17.8 Å². The van der Waals surface area contributed by atoms with Gasteiger partial charge in [0.05, 0.1) is 25.9 Å². The van der Waals surface area contributed by atoms with Crippen molar-refractivity contribution in [2.75, 3.05) is 19.8 Å². The number of rotatable bonds is 4. The first-order valence-electron chi connectivity index (χ1n) is 7.76. The number of nitrogens with zero attached hydrogens (tertiary/aromatic N) is 5. The van der Waals surface area contributed by atoms with Crippen molar-refractivity contribution >= 4 is 0 Å². The molecule has 1 N–H and O–H groups in total. The average molecular weight is 335 g/mol. The number of aromatic nitrogens is 4. The molecule has 130 valence electrons. The summed E-state index contributed by atoms with van der Waals surface area (Å²) in [6, 6.07) is 0.0378. The van der Waals surface area contributed by atoms with Gasteiger partial charge in [-0.25, -0.2) is 0 Å². The smallest absolute Gasteiger partial charge is 0.393 e. The van der Waals surface area contributed by atoms with Gasteiger partial charge >= 0.3 is 6.18 Å². The van der Waals surface area contributed by atoms with Crippen molar-refractivity contribution in [3.05, 3.63) is 5.82 Å². The van der Waals surface area contributed by atoms with Crippen molar-refractivity contribution in [1.29, 1.82) is 0 Å². The molecule has 0 radical (unpaired) electrons. The van der Waals surface area contributed by atoms with Gasteiger partial charge in [0.25, 0.3) is 0 Å². The van der Waals surface area contributed by atoms with Crippen LogP contribution >= 0.6 is 0 Å². The second-order valence-electron chi connectivity index (χ2n) is 6.13. The van der Waals surface area contributed by atoms with Crippen LogP contribution < -0.4 is 0 Å². The number of alkyl halides is 3. The number of morpholine rings is 1. The molecule has 1 saturated carbocycles. The zero-order valence-corrected chi connectivity index (χ0v) is 12.6. The summed E-state index contributed by atoms with van der Waals surface area (Å²) in [7, 11) is 0. The van der Waals surface area contributed by atoms with E-state index in [0.717, 1.165) is 19.3 Å². The highest BCUT2D eigenvalue weighted by molar-refractivity contribution is 4.91. The molecule has 7 nitrogen and oxygen atoms in total. The van der Waals surface area contributed by atoms with E-state index in [-0.39, 0.29) is 23.9 Å². The number of aliphatic hydroxyl groups excluding tert-OH is 1. The maximum absolute atomic E-state index is 12.3. The Hall–Kier alpha value is -1.26. The summed E-state index contributed by atoms with van der Waals surface area (Å²) in [5.74, 6) is 0.383. The predicted molar refractivity (Wildman–Crippen MR) is 72.2 cm³/mol. The molecule has 3 rings (SSSR count). The lowest BCUT2D eigenvalue weighted by Crippen LogP contribution is -2.50. The van der Waals surface area contributed by atoms with Gasteiger partial charge in [-0.3, -0.25) is 4.90 Å². The van der Waals surface area contributed by atoms with Gasteiger partial charge in [0.15, 0.2) is 12.4 Å². The second-order valence-corrected chi connectivity index (χ2v) is 6.13. The number of ether oxygens (including phenoxy) is 1. The Morgan fingerprint density at radius 3 is 2.83 bits per heavy atom. The van der Waals surface area contributed by atoms with E-state index in [1.807, 2.05) is 0 Å². The van der Waals surface area contributed by atoms with Gasteiger partial charge in [-0.05, 0) is 18.1 Å². The summed E-state index contributed by atoms with van der Waals surface area (Å²) in [6.45, 7) is 0.777. The SMILES string of the molecule is O[C@@H]1CCC[C@@H]1[C@@H]1COCCN1Cc1nnn(CC(F)(F)F)n1. The highest BCUT2D eigenvalue weighted by Crippen LogP contribution is 2.32. The van der Waals surface area contributed by atoms with Gasteiger partial charge in [-0.1, -0.05) is 6.42 Å². The Balaban J connectivity index is 1.65. The molecule has 1 aliphatic carbocycles. The number of aliphatic hydroxyl groups is 1. The van der Waals surface area contributed by atoms with Crippen LogP contribution in [0.2, 0.25) is 0 Å². The summed E-state index contributed by atoms with van der Waals surface area (Å²) in [6.07, 6.45) is -2.02. The molecule has 0 amide bonds. The molecule has 23 heavy (non-hydrogen) atoms. The molecule has 2 heterocycles. The molecular weight excluding hydrogens is 315 g/mol. The van der Waals surface area contributed by atoms with Gasteiger partial charge in [-0.15, -0.1) is 10.2 Å². The highest BCUT2D eigenvalue weighted by Gasteiger charge is 2.38. The van der Waals surface area contributed by atoms with Crippen molar-refractivity contribution in [1.82, 2.24) is 25.1 Å². The summed E-state index contributed by atoms with van der Waals surface area (Å²) < 4.78 is 42.5. The normalized spacial score (nSPS) is 30.0. The monoisotopic (exact) mass is 335 g/mol. The van der Waals surface area contributed by atoms with Gasteiger partial charge in [0, 0.05) is 18.5 Å². The Labute approximate surface area is 131 Å². The summed E-state index contributed by atoms with van der Waals surface area (Å²) in [4.78, 5) is 2.65. The number of hydrogen-bond donors (Lipinski definition) is 1. The van der Waals surface area contributed by atoms with Crippen molar-refractivity contribution < 1.29 is 23.0 Å². The van der Waals surface area contributed by atoms with Gasteiger partial charge in [0.2, 0.25) is 0 Å². The first-order valence-corrected chi connectivity index (χ1v) is 7.76.